The average Bonchev–Trinajstić information content (AvgIpc) is 3.01. The fraction of sp³-hybridized carbons (Fsp3) is 0.421. The first-order valence-electron chi connectivity index (χ1n) is 8.28. The van der Waals surface area contributed by atoms with Gasteiger partial charge >= 0.3 is 0 Å². The maximum atomic E-state index is 12.2. The number of hydrogen-bond acceptors (Lipinski definition) is 3. The van der Waals surface area contributed by atoms with Crippen LogP contribution in [0.25, 0.3) is 11.3 Å². The lowest BCUT2D eigenvalue weighted by Gasteiger charge is -2.30. The van der Waals surface area contributed by atoms with E-state index in [4.69, 9.17) is 16.0 Å². The van der Waals surface area contributed by atoms with Crippen LogP contribution in [0.5, 0.6) is 0 Å². The number of nitrogens with zero attached hydrogens (tertiary/aromatic N) is 1. The highest BCUT2D eigenvalue weighted by atomic mass is 35.5. The summed E-state index contributed by atoms with van der Waals surface area (Å²) in [5.41, 5.74) is 0.893. The highest BCUT2D eigenvalue weighted by molar-refractivity contribution is 6.30. The van der Waals surface area contributed by atoms with Gasteiger partial charge in [0, 0.05) is 35.8 Å². The molecule has 0 fully saturated rings. The lowest BCUT2D eigenvalue weighted by molar-refractivity contribution is 0.0913. The van der Waals surface area contributed by atoms with E-state index in [2.05, 4.69) is 37.9 Å². The number of hydrogen-bond donors (Lipinski definition) is 1. The second kappa shape index (κ2) is 8.36. The van der Waals surface area contributed by atoms with Gasteiger partial charge in [0.05, 0.1) is 0 Å². The smallest absolute Gasteiger partial charge is 0.287 e. The van der Waals surface area contributed by atoms with Gasteiger partial charge in [-0.25, -0.2) is 0 Å². The fourth-order valence-electron chi connectivity index (χ4n) is 2.73. The molecular formula is C19H25ClN2O2. The SMILES string of the molecule is CC(C)N(CCNC(=O)c1ccc(-c2ccc(Cl)cc2)o1)C(C)C. The molecule has 0 spiro atoms. The highest BCUT2D eigenvalue weighted by Gasteiger charge is 2.15. The predicted molar refractivity (Wildman–Crippen MR) is 98.5 cm³/mol. The van der Waals surface area contributed by atoms with Crippen LogP contribution in [0.15, 0.2) is 40.8 Å². The molecule has 5 heteroatoms. The van der Waals surface area contributed by atoms with Crippen molar-refractivity contribution in [1.29, 1.82) is 0 Å². The Morgan fingerprint density at radius 2 is 1.71 bits per heavy atom. The van der Waals surface area contributed by atoms with E-state index in [0.717, 1.165) is 12.1 Å². The van der Waals surface area contributed by atoms with E-state index in [1.165, 1.54) is 0 Å². The molecule has 2 aromatic rings. The molecule has 130 valence electrons. The number of carbonyl (C=O) groups is 1. The molecule has 0 radical (unpaired) electrons. The summed E-state index contributed by atoms with van der Waals surface area (Å²) >= 11 is 5.88. The monoisotopic (exact) mass is 348 g/mol. The van der Waals surface area contributed by atoms with Crippen molar-refractivity contribution in [2.24, 2.45) is 0 Å². The molecule has 0 atom stereocenters. The molecular weight excluding hydrogens is 324 g/mol. The van der Waals surface area contributed by atoms with Gasteiger partial charge in [0.25, 0.3) is 5.91 Å². The maximum Gasteiger partial charge on any atom is 0.287 e. The van der Waals surface area contributed by atoms with Crippen LogP contribution in [0, 0.1) is 0 Å². The zero-order chi connectivity index (χ0) is 17.7. The van der Waals surface area contributed by atoms with Crippen molar-refractivity contribution in [3.8, 4) is 11.3 Å². The fourth-order valence-corrected chi connectivity index (χ4v) is 2.85. The lowest BCUT2D eigenvalue weighted by Crippen LogP contribution is -2.42. The average molecular weight is 349 g/mol. The van der Waals surface area contributed by atoms with E-state index in [1.807, 2.05) is 12.1 Å². The van der Waals surface area contributed by atoms with Crippen molar-refractivity contribution < 1.29 is 9.21 Å². The van der Waals surface area contributed by atoms with E-state index in [9.17, 15) is 4.79 Å². The first kappa shape index (κ1) is 18.6. The van der Waals surface area contributed by atoms with Crippen molar-refractivity contribution in [2.45, 2.75) is 39.8 Å². The Labute approximate surface area is 148 Å². The minimum Gasteiger partial charge on any atom is -0.451 e. The van der Waals surface area contributed by atoms with E-state index in [1.54, 1.807) is 24.3 Å². The van der Waals surface area contributed by atoms with Crippen LogP contribution in [0.2, 0.25) is 5.02 Å². The first-order chi connectivity index (χ1) is 11.4. The van der Waals surface area contributed by atoms with Crippen molar-refractivity contribution in [3.05, 3.63) is 47.2 Å². The molecule has 0 saturated carbocycles. The van der Waals surface area contributed by atoms with Gasteiger partial charge in [-0.3, -0.25) is 9.69 Å². The highest BCUT2D eigenvalue weighted by Crippen LogP contribution is 2.23. The van der Waals surface area contributed by atoms with Crippen LogP contribution in [0.1, 0.15) is 38.2 Å². The van der Waals surface area contributed by atoms with Crippen LogP contribution in [0.4, 0.5) is 0 Å². The van der Waals surface area contributed by atoms with Gasteiger partial charge in [0.15, 0.2) is 5.76 Å². The number of carbonyl (C=O) groups excluding carboxylic acids is 1. The molecule has 1 heterocycles. The number of nitrogens with one attached hydrogen (secondary N) is 1. The minimum atomic E-state index is -0.192. The number of amides is 1. The molecule has 0 aliphatic rings. The second-order valence-corrected chi connectivity index (χ2v) is 6.79. The van der Waals surface area contributed by atoms with Gasteiger partial charge in [-0.2, -0.15) is 0 Å². The summed E-state index contributed by atoms with van der Waals surface area (Å²) in [6.07, 6.45) is 0. The van der Waals surface area contributed by atoms with Gasteiger partial charge < -0.3 is 9.73 Å². The Morgan fingerprint density at radius 3 is 2.29 bits per heavy atom. The number of benzene rings is 1. The van der Waals surface area contributed by atoms with E-state index in [-0.39, 0.29) is 5.91 Å². The zero-order valence-corrected chi connectivity index (χ0v) is 15.4. The third-order valence-corrected chi connectivity index (χ3v) is 4.19. The van der Waals surface area contributed by atoms with Gasteiger partial charge in [0.1, 0.15) is 5.76 Å². The molecule has 2 rings (SSSR count). The van der Waals surface area contributed by atoms with E-state index in [0.29, 0.717) is 35.2 Å². The number of halogens is 1. The Morgan fingerprint density at radius 1 is 1.08 bits per heavy atom. The molecule has 1 aromatic carbocycles. The summed E-state index contributed by atoms with van der Waals surface area (Å²) < 4.78 is 5.66. The van der Waals surface area contributed by atoms with Crippen molar-refractivity contribution in [1.82, 2.24) is 10.2 Å². The molecule has 4 nitrogen and oxygen atoms in total. The molecule has 0 saturated heterocycles. The molecule has 1 amide bonds. The standard InChI is InChI=1S/C19H25ClN2O2/c1-13(2)22(14(3)4)12-11-21-19(23)18-10-9-17(24-18)15-5-7-16(20)8-6-15/h5-10,13-14H,11-12H2,1-4H3,(H,21,23). The third-order valence-electron chi connectivity index (χ3n) is 3.94. The summed E-state index contributed by atoms with van der Waals surface area (Å²) in [7, 11) is 0. The Balaban J connectivity index is 1.93. The largest absolute Gasteiger partial charge is 0.451 e. The molecule has 1 N–H and O–H groups in total. The van der Waals surface area contributed by atoms with Crippen LogP contribution in [0.3, 0.4) is 0 Å². The van der Waals surface area contributed by atoms with Crippen LogP contribution < -0.4 is 5.32 Å². The van der Waals surface area contributed by atoms with Gasteiger partial charge in [-0.1, -0.05) is 11.6 Å². The van der Waals surface area contributed by atoms with Crippen LogP contribution >= 0.6 is 11.6 Å². The number of rotatable bonds is 7. The lowest BCUT2D eigenvalue weighted by atomic mass is 10.2. The molecule has 0 bridgehead atoms. The second-order valence-electron chi connectivity index (χ2n) is 6.35. The molecule has 0 unspecified atom stereocenters. The summed E-state index contributed by atoms with van der Waals surface area (Å²) in [6, 6.07) is 11.7. The molecule has 24 heavy (non-hydrogen) atoms. The van der Waals surface area contributed by atoms with Crippen molar-refractivity contribution in [2.75, 3.05) is 13.1 Å². The Kier molecular flexibility index (Phi) is 6.46. The summed E-state index contributed by atoms with van der Waals surface area (Å²) in [5.74, 6) is 0.783. The molecule has 0 aliphatic carbocycles. The van der Waals surface area contributed by atoms with Crippen molar-refractivity contribution >= 4 is 17.5 Å². The minimum absolute atomic E-state index is 0.192. The van der Waals surface area contributed by atoms with Gasteiger partial charge in [-0.05, 0) is 64.1 Å². The summed E-state index contributed by atoms with van der Waals surface area (Å²) in [5, 5.41) is 3.59. The summed E-state index contributed by atoms with van der Waals surface area (Å²) in [4.78, 5) is 14.6. The summed E-state index contributed by atoms with van der Waals surface area (Å²) in [6.45, 7) is 10.0. The first-order valence-corrected chi connectivity index (χ1v) is 8.66. The quantitative estimate of drug-likeness (QED) is 0.804. The topological polar surface area (TPSA) is 45.5 Å². The zero-order valence-electron chi connectivity index (χ0n) is 14.7. The van der Waals surface area contributed by atoms with Crippen molar-refractivity contribution in [3.63, 3.8) is 0 Å². The third kappa shape index (κ3) is 4.86. The van der Waals surface area contributed by atoms with E-state index < -0.39 is 0 Å². The van der Waals surface area contributed by atoms with Crippen LogP contribution in [-0.4, -0.2) is 36.0 Å². The molecule has 0 aliphatic heterocycles. The van der Waals surface area contributed by atoms with Crippen LogP contribution in [-0.2, 0) is 0 Å². The Hall–Kier alpha value is -1.78. The van der Waals surface area contributed by atoms with Gasteiger partial charge in [-0.15, -0.1) is 0 Å². The van der Waals surface area contributed by atoms with Gasteiger partial charge in [0.2, 0.25) is 0 Å². The molecule has 1 aromatic heterocycles. The number of furan rings is 1. The predicted octanol–water partition coefficient (Wildman–Crippen LogP) is 4.45. The normalized spacial score (nSPS) is 11.5. The Bertz CT molecular complexity index is 654. The maximum absolute atomic E-state index is 12.2. The van der Waals surface area contributed by atoms with E-state index >= 15 is 0 Å².